The number of thiophene rings is 1. The molecule has 0 saturated heterocycles. The lowest BCUT2D eigenvalue weighted by molar-refractivity contribution is -0.118. The van der Waals surface area contributed by atoms with Crippen molar-refractivity contribution >= 4 is 33.7 Å². The lowest BCUT2D eigenvalue weighted by atomic mass is 10.1. The lowest BCUT2D eigenvalue weighted by Crippen LogP contribution is -2.30. The number of rotatable bonds is 4. The predicted molar refractivity (Wildman–Crippen MR) is 86.5 cm³/mol. The van der Waals surface area contributed by atoms with E-state index in [4.69, 9.17) is 0 Å². The molecule has 1 aromatic carbocycles. The largest absolute Gasteiger partial charge is 0.324 e. The molecule has 2 heterocycles. The molecule has 0 bridgehead atoms. The maximum absolute atomic E-state index is 12.4. The van der Waals surface area contributed by atoms with Crippen molar-refractivity contribution in [3.05, 3.63) is 59.0 Å². The number of anilines is 1. The molecule has 0 spiro atoms. The summed E-state index contributed by atoms with van der Waals surface area (Å²) in [4.78, 5) is 16.5. The molecule has 0 radical (unpaired) electrons. The van der Waals surface area contributed by atoms with Gasteiger partial charge in [0.2, 0.25) is 5.91 Å². The predicted octanol–water partition coefficient (Wildman–Crippen LogP) is 3.20. The first-order valence-electron chi connectivity index (χ1n) is 6.62. The summed E-state index contributed by atoms with van der Waals surface area (Å²) >= 11 is 1.58. The van der Waals surface area contributed by atoms with Crippen LogP contribution in [-0.2, 0) is 4.79 Å². The van der Waals surface area contributed by atoms with Crippen molar-refractivity contribution in [1.29, 1.82) is 0 Å². The highest BCUT2D eigenvalue weighted by molar-refractivity contribution is 7.08. The highest BCUT2D eigenvalue weighted by Gasteiger charge is 2.18. The topological polar surface area (TPSA) is 54.0 Å². The SMILES string of the molecule is CNC(C(=O)Nc1ccc2cnccc2c1)c1ccsc1. The van der Waals surface area contributed by atoms with Crippen LogP contribution in [-0.4, -0.2) is 17.9 Å². The Hall–Kier alpha value is -2.24. The van der Waals surface area contributed by atoms with Crippen LogP contribution in [0.2, 0.25) is 0 Å². The molecule has 4 nitrogen and oxygen atoms in total. The van der Waals surface area contributed by atoms with Gasteiger partial charge in [0.25, 0.3) is 0 Å². The number of hydrogen-bond acceptors (Lipinski definition) is 4. The fraction of sp³-hybridized carbons (Fsp3) is 0.125. The molecule has 1 unspecified atom stereocenters. The average Bonchev–Trinajstić information content (AvgIpc) is 3.02. The Bertz CT molecular complexity index is 755. The highest BCUT2D eigenvalue weighted by Crippen LogP contribution is 2.21. The molecule has 1 amide bonds. The summed E-state index contributed by atoms with van der Waals surface area (Å²) in [6.45, 7) is 0. The summed E-state index contributed by atoms with van der Waals surface area (Å²) < 4.78 is 0. The molecule has 0 saturated carbocycles. The Kier molecular flexibility index (Phi) is 3.94. The van der Waals surface area contributed by atoms with Gasteiger partial charge in [-0.2, -0.15) is 11.3 Å². The van der Waals surface area contributed by atoms with Crippen LogP contribution in [0.15, 0.2) is 53.5 Å². The van der Waals surface area contributed by atoms with Crippen LogP contribution in [0, 0.1) is 0 Å². The van der Waals surface area contributed by atoms with E-state index in [1.165, 1.54) is 0 Å². The number of nitrogens with zero attached hydrogens (tertiary/aromatic N) is 1. The summed E-state index contributed by atoms with van der Waals surface area (Å²) in [5.41, 5.74) is 1.76. The summed E-state index contributed by atoms with van der Waals surface area (Å²) in [7, 11) is 1.79. The van der Waals surface area contributed by atoms with Gasteiger partial charge in [0, 0.05) is 23.5 Å². The first-order chi connectivity index (χ1) is 10.3. The number of amides is 1. The number of aromatic nitrogens is 1. The van der Waals surface area contributed by atoms with Gasteiger partial charge < -0.3 is 10.6 Å². The van der Waals surface area contributed by atoms with E-state index in [2.05, 4.69) is 15.6 Å². The number of fused-ring (bicyclic) bond motifs is 1. The molecule has 0 aliphatic carbocycles. The minimum Gasteiger partial charge on any atom is -0.324 e. The van der Waals surface area contributed by atoms with Crippen molar-refractivity contribution in [3.63, 3.8) is 0 Å². The Morgan fingerprint density at radius 2 is 2.14 bits per heavy atom. The summed E-state index contributed by atoms with van der Waals surface area (Å²) in [5, 5.41) is 12.1. The fourth-order valence-electron chi connectivity index (χ4n) is 2.26. The zero-order valence-electron chi connectivity index (χ0n) is 11.5. The standard InChI is InChI=1S/C16H15N3OS/c1-17-15(13-5-7-21-10-13)16(20)19-14-3-2-12-9-18-6-4-11(12)8-14/h2-10,15,17H,1H3,(H,19,20). The normalized spacial score (nSPS) is 12.2. The molecule has 21 heavy (non-hydrogen) atoms. The maximum atomic E-state index is 12.4. The Balaban J connectivity index is 1.82. The van der Waals surface area contributed by atoms with Crippen LogP contribution in [0.4, 0.5) is 5.69 Å². The highest BCUT2D eigenvalue weighted by atomic mass is 32.1. The summed E-state index contributed by atoms with van der Waals surface area (Å²) in [5.74, 6) is -0.0655. The van der Waals surface area contributed by atoms with Crippen LogP contribution in [0.5, 0.6) is 0 Å². The zero-order chi connectivity index (χ0) is 14.7. The van der Waals surface area contributed by atoms with E-state index in [9.17, 15) is 4.79 Å². The lowest BCUT2D eigenvalue weighted by Gasteiger charge is -2.15. The number of carbonyl (C=O) groups excluding carboxylic acids is 1. The van der Waals surface area contributed by atoms with Gasteiger partial charge in [-0.25, -0.2) is 0 Å². The zero-order valence-corrected chi connectivity index (χ0v) is 12.4. The minimum atomic E-state index is -0.343. The number of pyridine rings is 1. The maximum Gasteiger partial charge on any atom is 0.246 e. The van der Waals surface area contributed by atoms with Crippen molar-refractivity contribution in [3.8, 4) is 0 Å². The quantitative estimate of drug-likeness (QED) is 0.777. The smallest absolute Gasteiger partial charge is 0.246 e. The first-order valence-corrected chi connectivity index (χ1v) is 7.56. The molecule has 0 fully saturated rings. The molecular formula is C16H15N3OS. The molecule has 5 heteroatoms. The fourth-order valence-corrected chi connectivity index (χ4v) is 2.95. The molecule has 106 valence electrons. The minimum absolute atomic E-state index is 0.0655. The Labute approximate surface area is 126 Å². The van der Waals surface area contributed by atoms with Gasteiger partial charge >= 0.3 is 0 Å². The van der Waals surface area contributed by atoms with E-state index in [-0.39, 0.29) is 11.9 Å². The van der Waals surface area contributed by atoms with Crippen LogP contribution in [0.25, 0.3) is 10.8 Å². The summed E-state index contributed by atoms with van der Waals surface area (Å²) in [6, 6.07) is 9.34. The van der Waals surface area contributed by atoms with Gasteiger partial charge in [0.05, 0.1) is 0 Å². The van der Waals surface area contributed by atoms with Gasteiger partial charge in [0.1, 0.15) is 6.04 Å². The van der Waals surface area contributed by atoms with Crippen LogP contribution < -0.4 is 10.6 Å². The number of benzene rings is 1. The van der Waals surface area contributed by atoms with Gasteiger partial charge in [0.15, 0.2) is 0 Å². The Morgan fingerprint density at radius 3 is 2.90 bits per heavy atom. The number of likely N-dealkylation sites (N-methyl/N-ethyl adjacent to an activating group) is 1. The van der Waals surface area contributed by atoms with E-state index in [0.29, 0.717) is 0 Å². The van der Waals surface area contributed by atoms with Gasteiger partial charge in [-0.3, -0.25) is 9.78 Å². The second-order valence-corrected chi connectivity index (χ2v) is 5.49. The van der Waals surface area contributed by atoms with Crippen molar-refractivity contribution in [2.75, 3.05) is 12.4 Å². The van der Waals surface area contributed by atoms with Crippen LogP contribution in [0.1, 0.15) is 11.6 Å². The molecule has 3 aromatic rings. The van der Waals surface area contributed by atoms with Gasteiger partial charge in [-0.15, -0.1) is 0 Å². The average molecular weight is 297 g/mol. The van der Waals surface area contributed by atoms with Crippen molar-refractivity contribution in [2.24, 2.45) is 0 Å². The van der Waals surface area contributed by atoms with Crippen molar-refractivity contribution in [1.82, 2.24) is 10.3 Å². The number of nitrogens with one attached hydrogen (secondary N) is 2. The van der Waals surface area contributed by atoms with E-state index >= 15 is 0 Å². The number of hydrogen-bond donors (Lipinski definition) is 2. The van der Waals surface area contributed by atoms with Crippen molar-refractivity contribution < 1.29 is 4.79 Å². The molecule has 1 atom stereocenters. The monoisotopic (exact) mass is 297 g/mol. The second-order valence-electron chi connectivity index (χ2n) is 4.71. The second kappa shape index (κ2) is 6.03. The van der Waals surface area contributed by atoms with E-state index in [1.54, 1.807) is 24.6 Å². The van der Waals surface area contributed by atoms with E-state index in [0.717, 1.165) is 22.0 Å². The third-order valence-corrected chi connectivity index (χ3v) is 4.04. The summed E-state index contributed by atoms with van der Waals surface area (Å²) in [6.07, 6.45) is 3.55. The van der Waals surface area contributed by atoms with Crippen LogP contribution in [0.3, 0.4) is 0 Å². The molecule has 3 rings (SSSR count). The number of carbonyl (C=O) groups is 1. The van der Waals surface area contributed by atoms with Crippen molar-refractivity contribution in [2.45, 2.75) is 6.04 Å². The van der Waals surface area contributed by atoms with Gasteiger partial charge in [-0.1, -0.05) is 6.07 Å². The van der Waals surface area contributed by atoms with E-state index in [1.807, 2.05) is 47.3 Å². The Morgan fingerprint density at radius 1 is 1.24 bits per heavy atom. The molecule has 2 aromatic heterocycles. The molecule has 0 aliphatic rings. The molecule has 2 N–H and O–H groups in total. The van der Waals surface area contributed by atoms with Gasteiger partial charge in [-0.05, 0) is 53.0 Å². The molecular weight excluding hydrogens is 282 g/mol. The molecule has 0 aliphatic heterocycles. The first kappa shape index (κ1) is 13.7. The van der Waals surface area contributed by atoms with Crippen LogP contribution >= 0.6 is 11.3 Å². The third kappa shape index (κ3) is 2.94. The van der Waals surface area contributed by atoms with E-state index < -0.39 is 0 Å². The third-order valence-electron chi connectivity index (χ3n) is 3.34.